The van der Waals surface area contributed by atoms with Gasteiger partial charge in [-0.15, -0.1) is 0 Å². The molecule has 0 spiro atoms. The first-order valence-electron chi connectivity index (χ1n) is 11.0. The molecule has 1 fully saturated rings. The van der Waals surface area contributed by atoms with Crippen molar-refractivity contribution in [2.24, 2.45) is 0 Å². The van der Waals surface area contributed by atoms with Crippen molar-refractivity contribution in [3.8, 4) is 6.01 Å². The van der Waals surface area contributed by atoms with Crippen LogP contribution in [0.1, 0.15) is 18.1 Å². The normalized spacial score (nSPS) is 14.6. The van der Waals surface area contributed by atoms with Crippen molar-refractivity contribution in [1.82, 2.24) is 15.0 Å². The highest BCUT2D eigenvalue weighted by atomic mass is 19.4. The van der Waals surface area contributed by atoms with Crippen LogP contribution in [-0.4, -0.2) is 47.7 Å². The van der Waals surface area contributed by atoms with E-state index in [1.54, 1.807) is 22.8 Å². The Labute approximate surface area is 202 Å². The number of hydrogen-bond donors (Lipinski definition) is 1. The van der Waals surface area contributed by atoms with E-state index in [1.807, 2.05) is 0 Å². The fourth-order valence-corrected chi connectivity index (χ4v) is 3.78. The van der Waals surface area contributed by atoms with Gasteiger partial charge in [0.15, 0.2) is 0 Å². The van der Waals surface area contributed by atoms with Crippen molar-refractivity contribution in [3.63, 3.8) is 0 Å². The SMILES string of the molecule is CCOc1nc(Nc2cccc(C(F)(F)F)c2)nc(N2CCN(c3ccccc3C(F)(F)F)CC2)n1. The Bertz CT molecular complexity index is 1190. The summed E-state index contributed by atoms with van der Waals surface area (Å²) < 4.78 is 84.9. The van der Waals surface area contributed by atoms with Crippen LogP contribution in [0.5, 0.6) is 6.01 Å². The zero-order valence-electron chi connectivity index (χ0n) is 19.1. The lowest BCUT2D eigenvalue weighted by Crippen LogP contribution is -2.47. The molecular weight excluding hydrogens is 490 g/mol. The molecule has 1 saturated heterocycles. The van der Waals surface area contributed by atoms with Gasteiger partial charge in [0.2, 0.25) is 11.9 Å². The first-order valence-corrected chi connectivity index (χ1v) is 11.0. The van der Waals surface area contributed by atoms with Gasteiger partial charge in [-0.3, -0.25) is 0 Å². The van der Waals surface area contributed by atoms with Gasteiger partial charge in [0.05, 0.1) is 17.7 Å². The fourth-order valence-electron chi connectivity index (χ4n) is 3.78. The summed E-state index contributed by atoms with van der Waals surface area (Å²) in [5, 5.41) is 2.75. The van der Waals surface area contributed by atoms with E-state index in [9.17, 15) is 26.3 Å². The standard InChI is InChI=1S/C23H22F6N6O/c1-2-36-21-32-19(30-16-7-5-6-15(14-16)22(24,25)26)31-20(33-21)35-12-10-34(11-13-35)18-9-4-3-8-17(18)23(27,28)29/h3-9,14H,2,10-13H2,1H3,(H,30,31,32,33). The molecule has 0 unspecified atom stereocenters. The molecule has 0 radical (unpaired) electrons. The fraction of sp³-hybridized carbons (Fsp3) is 0.348. The molecule has 2 heterocycles. The van der Waals surface area contributed by atoms with Gasteiger partial charge < -0.3 is 19.9 Å². The molecule has 13 heteroatoms. The van der Waals surface area contributed by atoms with Crippen LogP contribution in [0.2, 0.25) is 0 Å². The van der Waals surface area contributed by atoms with E-state index in [0.717, 1.165) is 18.2 Å². The first kappa shape index (κ1) is 25.3. The van der Waals surface area contributed by atoms with Gasteiger partial charge in [0.25, 0.3) is 0 Å². The van der Waals surface area contributed by atoms with E-state index in [-0.39, 0.29) is 49.0 Å². The smallest absolute Gasteiger partial charge is 0.418 e. The van der Waals surface area contributed by atoms with E-state index in [2.05, 4.69) is 20.3 Å². The predicted octanol–water partition coefficient (Wildman–Crippen LogP) is 5.38. The summed E-state index contributed by atoms with van der Waals surface area (Å²) in [6.07, 6.45) is -8.98. The summed E-state index contributed by atoms with van der Waals surface area (Å²) >= 11 is 0. The van der Waals surface area contributed by atoms with E-state index < -0.39 is 23.5 Å². The maximum Gasteiger partial charge on any atom is 0.418 e. The molecule has 0 saturated carbocycles. The molecule has 192 valence electrons. The zero-order valence-corrected chi connectivity index (χ0v) is 19.1. The second-order valence-electron chi connectivity index (χ2n) is 7.87. The Morgan fingerprint density at radius 2 is 1.53 bits per heavy atom. The Hall–Kier alpha value is -3.77. The van der Waals surface area contributed by atoms with Crippen molar-refractivity contribution in [3.05, 3.63) is 59.7 Å². The van der Waals surface area contributed by atoms with Crippen molar-refractivity contribution < 1.29 is 31.1 Å². The number of rotatable bonds is 6. The Balaban J connectivity index is 1.54. The first-order chi connectivity index (χ1) is 17.0. The van der Waals surface area contributed by atoms with E-state index in [1.165, 1.54) is 24.3 Å². The molecule has 36 heavy (non-hydrogen) atoms. The number of anilines is 4. The van der Waals surface area contributed by atoms with Crippen molar-refractivity contribution in [2.45, 2.75) is 19.3 Å². The quantitative estimate of drug-likeness (QED) is 0.445. The number of para-hydroxylation sites is 1. The maximum atomic E-state index is 13.4. The summed E-state index contributed by atoms with van der Waals surface area (Å²) in [6.45, 7) is 3.14. The van der Waals surface area contributed by atoms with Gasteiger partial charge in [0, 0.05) is 37.6 Å². The lowest BCUT2D eigenvalue weighted by atomic mass is 10.1. The van der Waals surface area contributed by atoms with Gasteiger partial charge >= 0.3 is 18.4 Å². The highest BCUT2D eigenvalue weighted by Gasteiger charge is 2.35. The van der Waals surface area contributed by atoms with Crippen molar-refractivity contribution >= 4 is 23.3 Å². The molecule has 2 aromatic carbocycles. The largest absolute Gasteiger partial charge is 0.464 e. The highest BCUT2D eigenvalue weighted by Crippen LogP contribution is 2.37. The molecule has 7 nitrogen and oxygen atoms in total. The Kier molecular flexibility index (Phi) is 7.09. The summed E-state index contributed by atoms with van der Waals surface area (Å²) in [5.41, 5.74) is -1.31. The Morgan fingerprint density at radius 1 is 0.833 bits per heavy atom. The van der Waals surface area contributed by atoms with Crippen LogP contribution in [0, 0.1) is 0 Å². The number of alkyl halides is 6. The molecule has 1 aromatic heterocycles. The molecule has 0 bridgehead atoms. The zero-order chi connectivity index (χ0) is 25.9. The van der Waals surface area contributed by atoms with Crippen LogP contribution in [0.4, 0.5) is 49.6 Å². The number of hydrogen-bond acceptors (Lipinski definition) is 7. The minimum Gasteiger partial charge on any atom is -0.464 e. The average molecular weight is 512 g/mol. The van der Waals surface area contributed by atoms with E-state index >= 15 is 0 Å². The summed E-state index contributed by atoms with van der Waals surface area (Å²) in [5.74, 6) is 0.180. The maximum absolute atomic E-state index is 13.4. The third kappa shape index (κ3) is 5.89. The number of ether oxygens (including phenoxy) is 1. The molecule has 1 N–H and O–H groups in total. The lowest BCUT2D eigenvalue weighted by molar-refractivity contribution is -0.138. The number of halogens is 6. The third-order valence-corrected chi connectivity index (χ3v) is 5.44. The van der Waals surface area contributed by atoms with Crippen LogP contribution < -0.4 is 19.9 Å². The van der Waals surface area contributed by atoms with Crippen LogP contribution in [-0.2, 0) is 12.4 Å². The molecule has 3 aromatic rings. The number of benzene rings is 2. The van der Waals surface area contributed by atoms with Gasteiger partial charge in [-0.2, -0.15) is 41.3 Å². The highest BCUT2D eigenvalue weighted by molar-refractivity contribution is 5.58. The van der Waals surface area contributed by atoms with Gasteiger partial charge in [0.1, 0.15) is 0 Å². The van der Waals surface area contributed by atoms with E-state index in [0.29, 0.717) is 13.1 Å². The number of nitrogens with one attached hydrogen (secondary N) is 1. The van der Waals surface area contributed by atoms with Crippen molar-refractivity contribution in [2.75, 3.05) is 47.9 Å². The molecule has 0 aliphatic carbocycles. The Morgan fingerprint density at radius 3 is 2.19 bits per heavy atom. The van der Waals surface area contributed by atoms with Crippen LogP contribution in [0.15, 0.2) is 48.5 Å². The van der Waals surface area contributed by atoms with Crippen LogP contribution in [0.25, 0.3) is 0 Å². The molecule has 0 amide bonds. The van der Waals surface area contributed by atoms with Crippen molar-refractivity contribution in [1.29, 1.82) is 0 Å². The molecule has 1 aliphatic heterocycles. The van der Waals surface area contributed by atoms with Gasteiger partial charge in [-0.25, -0.2) is 0 Å². The van der Waals surface area contributed by atoms with Gasteiger partial charge in [-0.05, 0) is 37.3 Å². The van der Waals surface area contributed by atoms with Crippen LogP contribution in [0.3, 0.4) is 0 Å². The molecule has 1 aliphatic rings. The minimum atomic E-state index is -4.51. The summed E-state index contributed by atoms with van der Waals surface area (Å²) in [6, 6.07) is 9.95. The molecule has 0 atom stereocenters. The average Bonchev–Trinajstić information content (AvgIpc) is 2.83. The summed E-state index contributed by atoms with van der Waals surface area (Å²) in [4.78, 5) is 16.1. The summed E-state index contributed by atoms with van der Waals surface area (Å²) in [7, 11) is 0. The van der Waals surface area contributed by atoms with Crippen LogP contribution >= 0.6 is 0 Å². The number of nitrogens with zero attached hydrogens (tertiary/aromatic N) is 5. The topological polar surface area (TPSA) is 66.4 Å². The molecular formula is C23H22F6N6O. The minimum absolute atomic E-state index is 0.0207. The third-order valence-electron chi connectivity index (χ3n) is 5.44. The van der Waals surface area contributed by atoms with Gasteiger partial charge in [-0.1, -0.05) is 18.2 Å². The van der Waals surface area contributed by atoms with E-state index in [4.69, 9.17) is 4.74 Å². The predicted molar refractivity (Wildman–Crippen MR) is 122 cm³/mol. The second-order valence-corrected chi connectivity index (χ2v) is 7.87. The number of piperazine rings is 1. The number of aromatic nitrogens is 3. The second kappa shape index (κ2) is 10.1. The molecule has 4 rings (SSSR count). The lowest BCUT2D eigenvalue weighted by Gasteiger charge is -2.37. The monoisotopic (exact) mass is 512 g/mol.